The van der Waals surface area contributed by atoms with Crippen molar-refractivity contribution in [1.29, 1.82) is 0 Å². The first-order chi connectivity index (χ1) is 11.8. The summed E-state index contributed by atoms with van der Waals surface area (Å²) in [6.45, 7) is 6.50. The van der Waals surface area contributed by atoms with Crippen LogP contribution in [-0.2, 0) is 16.0 Å². The number of halogens is 2. The number of benzene rings is 1. The molecule has 0 saturated carbocycles. The van der Waals surface area contributed by atoms with E-state index < -0.39 is 11.6 Å². The second-order valence-electron chi connectivity index (χ2n) is 6.61. The smallest absolute Gasteiger partial charge is 0.234 e. The third-order valence-electron chi connectivity index (χ3n) is 4.16. The van der Waals surface area contributed by atoms with Gasteiger partial charge in [0, 0.05) is 38.6 Å². The molecule has 0 aromatic heterocycles. The summed E-state index contributed by atoms with van der Waals surface area (Å²) >= 11 is 0. The van der Waals surface area contributed by atoms with Gasteiger partial charge in [-0.1, -0.05) is 0 Å². The molecule has 1 aromatic carbocycles. The molecule has 0 bridgehead atoms. The van der Waals surface area contributed by atoms with Crippen molar-refractivity contribution in [2.45, 2.75) is 32.7 Å². The SMILES string of the molecule is CC(C)NC(=O)CN1CCN(C(=O)CCc2cc(F)ccc2F)CC1. The minimum Gasteiger partial charge on any atom is -0.353 e. The largest absolute Gasteiger partial charge is 0.353 e. The highest BCUT2D eigenvalue weighted by Gasteiger charge is 2.22. The van der Waals surface area contributed by atoms with Gasteiger partial charge < -0.3 is 10.2 Å². The zero-order valence-electron chi connectivity index (χ0n) is 14.7. The fourth-order valence-electron chi connectivity index (χ4n) is 2.86. The number of carbonyl (C=O) groups excluding carboxylic acids is 2. The van der Waals surface area contributed by atoms with E-state index in [1.54, 1.807) is 4.90 Å². The van der Waals surface area contributed by atoms with E-state index in [-0.39, 0.29) is 36.3 Å². The van der Waals surface area contributed by atoms with Gasteiger partial charge >= 0.3 is 0 Å². The van der Waals surface area contributed by atoms with Gasteiger partial charge in [-0.15, -0.1) is 0 Å². The lowest BCUT2D eigenvalue weighted by atomic mass is 10.1. The predicted octanol–water partition coefficient (Wildman–Crippen LogP) is 1.57. The van der Waals surface area contributed by atoms with Crippen molar-refractivity contribution in [3.05, 3.63) is 35.4 Å². The number of hydrogen-bond acceptors (Lipinski definition) is 3. The maximum Gasteiger partial charge on any atom is 0.234 e. The van der Waals surface area contributed by atoms with Gasteiger partial charge in [0.2, 0.25) is 11.8 Å². The van der Waals surface area contributed by atoms with E-state index in [1.165, 1.54) is 0 Å². The third-order valence-corrected chi connectivity index (χ3v) is 4.16. The minimum atomic E-state index is -0.503. The molecule has 1 saturated heterocycles. The summed E-state index contributed by atoms with van der Waals surface area (Å²) in [6.07, 6.45) is 0.327. The lowest BCUT2D eigenvalue weighted by Gasteiger charge is -2.34. The average Bonchev–Trinajstić information content (AvgIpc) is 2.55. The fraction of sp³-hybridized carbons (Fsp3) is 0.556. The molecule has 1 N–H and O–H groups in total. The molecule has 0 spiro atoms. The molecule has 1 fully saturated rings. The summed E-state index contributed by atoms with van der Waals surface area (Å²) in [6, 6.07) is 3.39. The quantitative estimate of drug-likeness (QED) is 0.845. The molecular formula is C18H25F2N3O2. The Morgan fingerprint density at radius 3 is 2.48 bits per heavy atom. The molecule has 7 heteroatoms. The number of piperazine rings is 1. The molecule has 1 aliphatic rings. The van der Waals surface area contributed by atoms with Gasteiger partial charge in [0.1, 0.15) is 11.6 Å². The Balaban J connectivity index is 1.75. The van der Waals surface area contributed by atoms with E-state index >= 15 is 0 Å². The molecular weight excluding hydrogens is 328 g/mol. The van der Waals surface area contributed by atoms with E-state index in [2.05, 4.69) is 5.32 Å². The van der Waals surface area contributed by atoms with Crippen molar-refractivity contribution < 1.29 is 18.4 Å². The highest BCUT2D eigenvalue weighted by Crippen LogP contribution is 2.13. The molecule has 2 rings (SSSR count). The molecule has 1 heterocycles. The first kappa shape index (κ1) is 19.3. The van der Waals surface area contributed by atoms with Gasteiger partial charge in [0.05, 0.1) is 6.54 Å². The van der Waals surface area contributed by atoms with E-state index in [4.69, 9.17) is 0 Å². The van der Waals surface area contributed by atoms with Gasteiger partial charge in [0.25, 0.3) is 0 Å². The molecule has 25 heavy (non-hydrogen) atoms. The van der Waals surface area contributed by atoms with Crippen LogP contribution < -0.4 is 5.32 Å². The predicted molar refractivity (Wildman–Crippen MR) is 91.0 cm³/mol. The van der Waals surface area contributed by atoms with Crippen LogP contribution in [-0.4, -0.2) is 60.4 Å². The standard InChI is InChI=1S/C18H25F2N3O2/c1-13(2)21-17(24)12-22-7-9-23(10-8-22)18(25)6-3-14-11-15(19)4-5-16(14)20/h4-5,11,13H,3,6-10,12H2,1-2H3,(H,21,24). The normalized spacial score (nSPS) is 15.5. The van der Waals surface area contributed by atoms with Gasteiger partial charge in [-0.05, 0) is 44.0 Å². The molecule has 138 valence electrons. The molecule has 1 aliphatic heterocycles. The number of aryl methyl sites for hydroxylation is 1. The van der Waals surface area contributed by atoms with E-state index in [0.29, 0.717) is 32.7 Å². The molecule has 0 aliphatic carbocycles. The summed E-state index contributed by atoms with van der Waals surface area (Å²) in [4.78, 5) is 27.7. The number of amides is 2. The van der Waals surface area contributed by atoms with Crippen molar-refractivity contribution in [3.8, 4) is 0 Å². The van der Waals surface area contributed by atoms with Gasteiger partial charge in [-0.3, -0.25) is 14.5 Å². The number of nitrogens with zero attached hydrogens (tertiary/aromatic N) is 2. The highest BCUT2D eigenvalue weighted by molar-refractivity contribution is 5.78. The molecule has 5 nitrogen and oxygen atoms in total. The molecule has 0 radical (unpaired) electrons. The van der Waals surface area contributed by atoms with Crippen LogP contribution in [0.5, 0.6) is 0 Å². The Kier molecular flexibility index (Phi) is 6.87. The van der Waals surface area contributed by atoms with E-state index in [9.17, 15) is 18.4 Å². The van der Waals surface area contributed by atoms with Crippen molar-refractivity contribution in [2.75, 3.05) is 32.7 Å². The molecule has 0 unspecified atom stereocenters. The Bertz CT molecular complexity index is 614. The van der Waals surface area contributed by atoms with Crippen LogP contribution in [0.15, 0.2) is 18.2 Å². The van der Waals surface area contributed by atoms with Gasteiger partial charge in [0.15, 0.2) is 0 Å². The van der Waals surface area contributed by atoms with Crippen LogP contribution in [0, 0.1) is 11.6 Å². The topological polar surface area (TPSA) is 52.7 Å². The summed E-state index contributed by atoms with van der Waals surface area (Å²) < 4.78 is 26.7. The Labute approximate surface area is 147 Å². The maximum atomic E-state index is 13.6. The molecule has 2 amide bonds. The Morgan fingerprint density at radius 2 is 1.84 bits per heavy atom. The van der Waals surface area contributed by atoms with E-state index in [1.807, 2.05) is 18.7 Å². The first-order valence-corrected chi connectivity index (χ1v) is 8.58. The van der Waals surface area contributed by atoms with Crippen LogP contribution in [0.4, 0.5) is 8.78 Å². The molecule has 1 aromatic rings. The second kappa shape index (κ2) is 8.89. The zero-order valence-corrected chi connectivity index (χ0v) is 14.7. The highest BCUT2D eigenvalue weighted by atomic mass is 19.1. The lowest BCUT2D eigenvalue weighted by molar-refractivity contribution is -0.133. The number of carbonyl (C=O) groups is 2. The fourth-order valence-corrected chi connectivity index (χ4v) is 2.86. The monoisotopic (exact) mass is 353 g/mol. The lowest BCUT2D eigenvalue weighted by Crippen LogP contribution is -2.51. The van der Waals surface area contributed by atoms with Crippen molar-refractivity contribution >= 4 is 11.8 Å². The number of rotatable bonds is 6. The van der Waals surface area contributed by atoms with E-state index in [0.717, 1.165) is 18.2 Å². The summed E-state index contributed by atoms with van der Waals surface area (Å²) in [5, 5.41) is 2.85. The third kappa shape index (κ3) is 6.08. The second-order valence-corrected chi connectivity index (χ2v) is 6.61. The Morgan fingerprint density at radius 1 is 1.16 bits per heavy atom. The van der Waals surface area contributed by atoms with Crippen LogP contribution in [0.2, 0.25) is 0 Å². The number of nitrogens with one attached hydrogen (secondary N) is 1. The minimum absolute atomic E-state index is 0.0173. The van der Waals surface area contributed by atoms with Crippen LogP contribution in [0.1, 0.15) is 25.8 Å². The Hall–Kier alpha value is -2.02. The molecule has 0 atom stereocenters. The van der Waals surface area contributed by atoms with Crippen LogP contribution in [0.3, 0.4) is 0 Å². The van der Waals surface area contributed by atoms with Crippen LogP contribution in [0.25, 0.3) is 0 Å². The van der Waals surface area contributed by atoms with Gasteiger partial charge in [-0.25, -0.2) is 8.78 Å². The summed E-state index contributed by atoms with van der Waals surface area (Å²) in [7, 11) is 0. The van der Waals surface area contributed by atoms with Crippen molar-refractivity contribution in [3.63, 3.8) is 0 Å². The average molecular weight is 353 g/mol. The van der Waals surface area contributed by atoms with Gasteiger partial charge in [-0.2, -0.15) is 0 Å². The first-order valence-electron chi connectivity index (χ1n) is 8.58. The van der Waals surface area contributed by atoms with Crippen LogP contribution >= 0.6 is 0 Å². The summed E-state index contributed by atoms with van der Waals surface area (Å²) in [5.41, 5.74) is 0.220. The zero-order chi connectivity index (χ0) is 18.4. The summed E-state index contributed by atoms with van der Waals surface area (Å²) in [5.74, 6) is -1.08. The van der Waals surface area contributed by atoms with Crippen molar-refractivity contribution in [2.24, 2.45) is 0 Å². The number of hydrogen-bond donors (Lipinski definition) is 1. The van der Waals surface area contributed by atoms with Crippen molar-refractivity contribution in [1.82, 2.24) is 15.1 Å². The maximum absolute atomic E-state index is 13.6.